The van der Waals surface area contributed by atoms with Gasteiger partial charge in [0.2, 0.25) is 0 Å². The van der Waals surface area contributed by atoms with E-state index in [-0.39, 0.29) is 24.5 Å². The highest BCUT2D eigenvalue weighted by molar-refractivity contribution is 6.06. The predicted octanol–water partition coefficient (Wildman–Crippen LogP) is 1.36. The molecule has 1 heterocycles. The van der Waals surface area contributed by atoms with Gasteiger partial charge in [0, 0.05) is 31.2 Å². The summed E-state index contributed by atoms with van der Waals surface area (Å²) in [7, 11) is 3.63. The number of phenols is 1. The number of carbonyl (C=O) groups is 1. The van der Waals surface area contributed by atoms with E-state index in [2.05, 4.69) is 0 Å². The zero-order chi connectivity index (χ0) is 17.9. The van der Waals surface area contributed by atoms with Crippen LogP contribution in [0.3, 0.4) is 0 Å². The number of carbonyl (C=O) groups excluding carboxylic acids is 1. The number of aromatic nitrogens is 1. The van der Waals surface area contributed by atoms with Gasteiger partial charge in [0.25, 0.3) is 0 Å². The van der Waals surface area contributed by atoms with Crippen molar-refractivity contribution >= 4 is 16.9 Å². The van der Waals surface area contributed by atoms with E-state index in [4.69, 9.17) is 15.1 Å². The van der Waals surface area contributed by atoms with Crippen molar-refractivity contribution in [3.05, 3.63) is 29.0 Å². The molecule has 2 N–H and O–H groups in total. The van der Waals surface area contributed by atoms with Gasteiger partial charge in [-0.25, -0.2) is 4.79 Å². The van der Waals surface area contributed by atoms with Crippen LogP contribution in [-0.2, 0) is 18.3 Å². The first kappa shape index (κ1) is 17.8. The molecule has 0 fully saturated rings. The molecule has 0 amide bonds. The maximum Gasteiger partial charge on any atom is 0.340 e. The Balaban J connectivity index is 2.69. The Morgan fingerprint density at radius 2 is 2.17 bits per heavy atom. The van der Waals surface area contributed by atoms with Gasteiger partial charge >= 0.3 is 5.97 Å². The van der Waals surface area contributed by atoms with Crippen LogP contribution in [0.2, 0.25) is 0 Å². The fourth-order valence-corrected chi connectivity index (χ4v) is 2.73. The van der Waals surface area contributed by atoms with Crippen LogP contribution in [-0.4, -0.2) is 52.5 Å². The molecule has 0 radical (unpaired) electrons. The first-order chi connectivity index (χ1) is 11.4. The maximum absolute atomic E-state index is 12.4. The molecule has 0 atom stereocenters. The maximum atomic E-state index is 12.4. The Bertz CT molecular complexity index is 804. The second-order valence-electron chi connectivity index (χ2n) is 5.56. The third-order valence-corrected chi connectivity index (χ3v) is 3.94. The number of ether oxygens (including phenoxy) is 1. The highest BCUT2D eigenvalue weighted by Gasteiger charge is 2.24. The monoisotopic (exact) mass is 331 g/mol. The first-order valence-corrected chi connectivity index (χ1v) is 7.65. The summed E-state index contributed by atoms with van der Waals surface area (Å²) in [6.45, 7) is 2.85. The topological polar surface area (TPSA) is 98.7 Å². The fourth-order valence-electron chi connectivity index (χ4n) is 2.73. The van der Waals surface area contributed by atoms with Gasteiger partial charge in [-0.1, -0.05) is 0 Å². The average Bonchev–Trinajstić information content (AvgIpc) is 2.79. The molecule has 0 spiro atoms. The highest BCUT2D eigenvalue weighted by Crippen LogP contribution is 2.32. The lowest BCUT2D eigenvalue weighted by Crippen LogP contribution is -2.24. The Kier molecular flexibility index (Phi) is 5.44. The van der Waals surface area contributed by atoms with E-state index in [1.807, 2.05) is 22.6 Å². The largest absolute Gasteiger partial charge is 0.507 e. The lowest BCUT2D eigenvalue weighted by molar-refractivity contribution is 0.0526. The molecule has 24 heavy (non-hydrogen) atoms. The van der Waals surface area contributed by atoms with Crippen molar-refractivity contribution in [2.75, 3.05) is 26.8 Å². The van der Waals surface area contributed by atoms with E-state index >= 15 is 0 Å². The van der Waals surface area contributed by atoms with Gasteiger partial charge in [-0.2, -0.15) is 5.26 Å². The van der Waals surface area contributed by atoms with Crippen molar-refractivity contribution in [3.63, 3.8) is 0 Å². The van der Waals surface area contributed by atoms with Gasteiger partial charge in [0.15, 0.2) is 0 Å². The predicted molar refractivity (Wildman–Crippen MR) is 88.7 cm³/mol. The number of aliphatic hydroxyl groups excluding tert-OH is 1. The quantitative estimate of drug-likeness (QED) is 0.776. The Morgan fingerprint density at radius 3 is 2.75 bits per heavy atom. The summed E-state index contributed by atoms with van der Waals surface area (Å²) in [5.41, 5.74) is 1.89. The van der Waals surface area contributed by atoms with Gasteiger partial charge in [0.05, 0.1) is 29.9 Å². The van der Waals surface area contributed by atoms with Gasteiger partial charge in [-0.05, 0) is 26.1 Å². The second-order valence-corrected chi connectivity index (χ2v) is 5.56. The average molecular weight is 331 g/mol. The lowest BCUT2D eigenvalue weighted by Gasteiger charge is -2.17. The number of aromatic hydroxyl groups is 1. The molecule has 2 aromatic rings. The Morgan fingerprint density at radius 1 is 1.46 bits per heavy atom. The molecule has 1 aromatic carbocycles. The van der Waals surface area contributed by atoms with Crippen LogP contribution in [0.4, 0.5) is 0 Å². The Labute approximate surface area is 140 Å². The minimum Gasteiger partial charge on any atom is -0.507 e. The second kappa shape index (κ2) is 7.34. The zero-order valence-corrected chi connectivity index (χ0v) is 14.0. The first-order valence-electron chi connectivity index (χ1n) is 7.65. The van der Waals surface area contributed by atoms with Crippen LogP contribution in [0.25, 0.3) is 10.9 Å². The van der Waals surface area contributed by atoms with Gasteiger partial charge in [-0.15, -0.1) is 0 Å². The van der Waals surface area contributed by atoms with E-state index in [1.165, 1.54) is 6.07 Å². The van der Waals surface area contributed by atoms with Crippen molar-refractivity contribution in [1.29, 1.82) is 5.26 Å². The van der Waals surface area contributed by atoms with E-state index in [0.29, 0.717) is 35.2 Å². The van der Waals surface area contributed by atoms with E-state index in [1.54, 1.807) is 20.0 Å². The van der Waals surface area contributed by atoms with Crippen LogP contribution in [0, 0.1) is 11.3 Å². The Hall–Kier alpha value is -2.56. The molecule has 0 unspecified atom stereocenters. The van der Waals surface area contributed by atoms with Crippen molar-refractivity contribution in [2.24, 2.45) is 7.05 Å². The van der Waals surface area contributed by atoms with Crippen LogP contribution < -0.4 is 0 Å². The molecule has 0 saturated carbocycles. The van der Waals surface area contributed by atoms with Crippen molar-refractivity contribution in [1.82, 2.24) is 9.47 Å². The van der Waals surface area contributed by atoms with Crippen molar-refractivity contribution in [2.45, 2.75) is 13.5 Å². The molecule has 1 aromatic heterocycles. The number of fused-ring (bicyclic) bond motifs is 1. The summed E-state index contributed by atoms with van der Waals surface area (Å²) < 4.78 is 6.98. The van der Waals surface area contributed by atoms with E-state index < -0.39 is 5.97 Å². The number of esters is 1. The number of likely N-dealkylation sites (N-methyl/N-ethyl adjacent to an activating group) is 1. The number of aliphatic hydroxyl groups is 1. The van der Waals surface area contributed by atoms with Crippen LogP contribution in [0.15, 0.2) is 12.1 Å². The molecule has 0 aliphatic heterocycles. The minimum absolute atomic E-state index is 0.00848. The summed E-state index contributed by atoms with van der Waals surface area (Å²) in [4.78, 5) is 14.3. The van der Waals surface area contributed by atoms with E-state index in [0.717, 1.165) is 0 Å². The summed E-state index contributed by atoms with van der Waals surface area (Å²) in [6, 6.07) is 4.92. The van der Waals surface area contributed by atoms with Crippen LogP contribution in [0.1, 0.15) is 28.5 Å². The summed E-state index contributed by atoms with van der Waals surface area (Å²) in [5, 5.41) is 28.7. The third kappa shape index (κ3) is 3.20. The molecule has 0 bridgehead atoms. The van der Waals surface area contributed by atoms with Crippen molar-refractivity contribution < 1.29 is 19.7 Å². The van der Waals surface area contributed by atoms with Crippen LogP contribution >= 0.6 is 0 Å². The van der Waals surface area contributed by atoms with Gasteiger partial charge in [-0.3, -0.25) is 4.90 Å². The highest BCUT2D eigenvalue weighted by atomic mass is 16.5. The fraction of sp³-hybridized carbons (Fsp3) is 0.412. The van der Waals surface area contributed by atoms with E-state index in [9.17, 15) is 9.90 Å². The molecular weight excluding hydrogens is 310 g/mol. The molecule has 128 valence electrons. The number of rotatable bonds is 6. The molecule has 0 aliphatic carbocycles. The number of aryl methyl sites for hydroxylation is 1. The van der Waals surface area contributed by atoms with Crippen molar-refractivity contribution in [3.8, 4) is 11.8 Å². The molecule has 0 saturated heterocycles. The number of nitrogens with zero attached hydrogens (tertiary/aromatic N) is 3. The van der Waals surface area contributed by atoms with Gasteiger partial charge < -0.3 is 19.5 Å². The SMILES string of the molecule is CCOC(=O)c1c(CN(C)CCO)n(C)c2cc(C#N)c(O)cc12. The standard InChI is InChI=1S/C17H21N3O4/c1-4-24-17(23)16-12-8-15(22)11(9-18)7-13(12)20(3)14(16)10-19(2)5-6-21/h7-8,21-22H,4-6,10H2,1-3H3. The summed E-state index contributed by atoms with van der Waals surface area (Å²) >= 11 is 0. The zero-order valence-electron chi connectivity index (χ0n) is 14.0. The minimum atomic E-state index is -0.473. The van der Waals surface area contributed by atoms with Gasteiger partial charge in [0.1, 0.15) is 11.8 Å². The number of phenolic OH excluding ortho intramolecular Hbond substituents is 1. The smallest absolute Gasteiger partial charge is 0.340 e. The number of hydrogen-bond donors (Lipinski definition) is 2. The summed E-state index contributed by atoms with van der Waals surface area (Å²) in [6.07, 6.45) is 0. The number of benzene rings is 1. The number of hydrogen-bond acceptors (Lipinski definition) is 6. The molecule has 0 aliphatic rings. The molecule has 2 rings (SSSR count). The lowest BCUT2D eigenvalue weighted by atomic mass is 10.1. The molecule has 7 nitrogen and oxygen atoms in total. The molecular formula is C17H21N3O4. The third-order valence-electron chi connectivity index (χ3n) is 3.94. The van der Waals surface area contributed by atoms with Crippen LogP contribution in [0.5, 0.6) is 5.75 Å². The normalized spacial score (nSPS) is 11.0. The summed E-state index contributed by atoms with van der Waals surface area (Å²) in [5.74, 6) is -0.643. The molecule has 7 heteroatoms. The number of nitriles is 1.